The molecule has 1 amide bonds. The second-order valence-electron chi connectivity index (χ2n) is 8.65. The van der Waals surface area contributed by atoms with Crippen LogP contribution in [-0.4, -0.2) is 35.0 Å². The van der Waals surface area contributed by atoms with E-state index in [1.54, 1.807) is 44.2 Å². The second-order valence-corrected chi connectivity index (χ2v) is 9.06. The number of carbonyl (C=O) groups is 2. The molecule has 5 rings (SSSR count). The van der Waals surface area contributed by atoms with Gasteiger partial charge in [0.2, 0.25) is 6.10 Å². The zero-order valence-corrected chi connectivity index (χ0v) is 21.2. The number of rotatable bonds is 6. The van der Waals surface area contributed by atoms with E-state index < -0.39 is 24.3 Å². The number of aryl methyl sites for hydroxylation is 1. The molecule has 0 bridgehead atoms. The number of carboxylic acids is 1. The summed E-state index contributed by atoms with van der Waals surface area (Å²) in [6.45, 7) is 3.37. The van der Waals surface area contributed by atoms with Crippen LogP contribution in [0, 0.1) is 6.92 Å². The Labute approximate surface area is 222 Å². The predicted octanol–water partition coefficient (Wildman–Crippen LogP) is 6.50. The van der Waals surface area contributed by atoms with Crippen LogP contribution in [-0.2, 0) is 9.53 Å². The lowest BCUT2D eigenvalue weighted by atomic mass is 10.0. The normalized spacial score (nSPS) is 15.0. The maximum Gasteiger partial charge on any atom is 0.412 e. The van der Waals surface area contributed by atoms with E-state index in [4.69, 9.17) is 35.4 Å². The summed E-state index contributed by atoms with van der Waals surface area (Å²) >= 11 is 6.21. The maximum absolute atomic E-state index is 12.7. The Morgan fingerprint density at radius 3 is 2.50 bits per heavy atom. The number of hydrogen-bond acceptors (Lipinski definition) is 7. The van der Waals surface area contributed by atoms with Gasteiger partial charge in [-0.1, -0.05) is 65.3 Å². The summed E-state index contributed by atoms with van der Waals surface area (Å²) in [5.74, 6) is 0.217. The number of ether oxygens (including phenoxy) is 3. The Bertz CT molecular complexity index is 1500. The van der Waals surface area contributed by atoms with Crippen molar-refractivity contribution in [3.8, 4) is 33.9 Å². The summed E-state index contributed by atoms with van der Waals surface area (Å²) < 4.78 is 21.9. The Kier molecular flexibility index (Phi) is 6.93. The molecule has 0 aliphatic carbocycles. The molecular formula is C28H23ClN2O7. The number of nitrogens with zero attached hydrogens (tertiary/aromatic N) is 1. The molecule has 1 aliphatic heterocycles. The average molecular weight is 535 g/mol. The molecule has 2 atom stereocenters. The third-order valence-corrected chi connectivity index (χ3v) is 6.43. The van der Waals surface area contributed by atoms with Gasteiger partial charge in [-0.2, -0.15) is 0 Å². The molecule has 4 aromatic rings. The summed E-state index contributed by atoms with van der Waals surface area (Å²) in [7, 11) is 0. The first-order valence-corrected chi connectivity index (χ1v) is 12.1. The Hall–Kier alpha value is -4.50. The Morgan fingerprint density at radius 1 is 1.05 bits per heavy atom. The third kappa shape index (κ3) is 5.14. The summed E-state index contributed by atoms with van der Waals surface area (Å²) in [5, 5.41) is 16.5. The van der Waals surface area contributed by atoms with E-state index in [1.165, 1.54) is 0 Å². The number of aromatic nitrogens is 1. The summed E-state index contributed by atoms with van der Waals surface area (Å²) in [4.78, 5) is 23.8. The van der Waals surface area contributed by atoms with Gasteiger partial charge in [0.1, 0.15) is 24.1 Å². The first kappa shape index (κ1) is 25.2. The quantitative estimate of drug-likeness (QED) is 0.287. The van der Waals surface area contributed by atoms with Crippen LogP contribution in [0.2, 0.25) is 5.02 Å². The van der Waals surface area contributed by atoms with E-state index in [2.05, 4.69) is 10.5 Å². The van der Waals surface area contributed by atoms with Crippen molar-refractivity contribution in [2.45, 2.75) is 26.1 Å². The van der Waals surface area contributed by atoms with Crippen molar-refractivity contribution in [3.63, 3.8) is 0 Å². The molecule has 0 saturated heterocycles. The Balaban J connectivity index is 1.31. The smallest absolute Gasteiger partial charge is 0.412 e. The SMILES string of the molecule is Cc1onc(-c2ccc(-c3ccc4c(c3)OCC(C(=O)O)O4)cc2)c1NC(=O)OC(C)c1ccccc1Cl. The van der Waals surface area contributed by atoms with Gasteiger partial charge in [-0.3, -0.25) is 5.32 Å². The van der Waals surface area contributed by atoms with Crippen LogP contribution >= 0.6 is 11.6 Å². The van der Waals surface area contributed by atoms with E-state index >= 15 is 0 Å². The molecule has 38 heavy (non-hydrogen) atoms. The van der Waals surface area contributed by atoms with Crippen LogP contribution < -0.4 is 14.8 Å². The topological polar surface area (TPSA) is 120 Å². The summed E-state index contributed by atoms with van der Waals surface area (Å²) in [6, 6.07) is 20.0. The van der Waals surface area contributed by atoms with Gasteiger partial charge in [0.25, 0.3) is 0 Å². The van der Waals surface area contributed by atoms with Gasteiger partial charge in [-0.25, -0.2) is 9.59 Å². The highest BCUT2D eigenvalue weighted by molar-refractivity contribution is 6.31. The fourth-order valence-corrected chi connectivity index (χ4v) is 4.36. The van der Waals surface area contributed by atoms with Crippen molar-refractivity contribution < 1.29 is 33.4 Å². The van der Waals surface area contributed by atoms with Crippen LogP contribution in [0.15, 0.2) is 71.3 Å². The van der Waals surface area contributed by atoms with Crippen molar-refractivity contribution in [2.24, 2.45) is 0 Å². The summed E-state index contributed by atoms with van der Waals surface area (Å²) in [6.07, 6.45) is -2.26. The highest BCUT2D eigenvalue weighted by atomic mass is 35.5. The predicted molar refractivity (Wildman–Crippen MR) is 140 cm³/mol. The van der Waals surface area contributed by atoms with Gasteiger partial charge < -0.3 is 23.8 Å². The third-order valence-electron chi connectivity index (χ3n) is 6.09. The molecule has 194 valence electrons. The molecule has 3 aromatic carbocycles. The number of nitrogens with one attached hydrogen (secondary N) is 1. The first-order chi connectivity index (χ1) is 18.3. The monoisotopic (exact) mass is 534 g/mol. The second kappa shape index (κ2) is 10.5. The summed E-state index contributed by atoms with van der Waals surface area (Å²) in [5.41, 5.74) is 4.03. The number of halogens is 1. The zero-order valence-electron chi connectivity index (χ0n) is 20.4. The molecule has 10 heteroatoms. The van der Waals surface area contributed by atoms with Crippen molar-refractivity contribution in [3.05, 3.63) is 83.1 Å². The van der Waals surface area contributed by atoms with E-state index in [0.29, 0.717) is 39.2 Å². The lowest BCUT2D eigenvalue weighted by molar-refractivity contribution is -0.147. The van der Waals surface area contributed by atoms with Gasteiger partial charge in [-0.15, -0.1) is 0 Å². The minimum Gasteiger partial charge on any atom is -0.485 e. The fraction of sp³-hybridized carbons (Fsp3) is 0.179. The fourth-order valence-electron chi connectivity index (χ4n) is 4.07. The highest BCUT2D eigenvalue weighted by Crippen LogP contribution is 2.37. The average Bonchev–Trinajstić information content (AvgIpc) is 3.27. The molecular weight excluding hydrogens is 512 g/mol. The highest BCUT2D eigenvalue weighted by Gasteiger charge is 2.27. The molecule has 1 aliphatic rings. The molecule has 0 spiro atoms. The zero-order chi connectivity index (χ0) is 26.8. The first-order valence-electron chi connectivity index (χ1n) is 11.8. The van der Waals surface area contributed by atoms with Crippen molar-refractivity contribution in [1.29, 1.82) is 0 Å². The van der Waals surface area contributed by atoms with Crippen molar-refractivity contribution >= 4 is 29.4 Å². The van der Waals surface area contributed by atoms with E-state index in [9.17, 15) is 9.59 Å². The van der Waals surface area contributed by atoms with Crippen LogP contribution in [0.1, 0.15) is 24.4 Å². The molecule has 0 saturated carbocycles. The van der Waals surface area contributed by atoms with Crippen molar-refractivity contribution in [1.82, 2.24) is 5.16 Å². The van der Waals surface area contributed by atoms with Crippen LogP contribution in [0.3, 0.4) is 0 Å². The van der Waals surface area contributed by atoms with Gasteiger partial charge in [0.05, 0.1) is 0 Å². The van der Waals surface area contributed by atoms with Gasteiger partial charge in [0.15, 0.2) is 17.3 Å². The van der Waals surface area contributed by atoms with Crippen LogP contribution in [0.4, 0.5) is 10.5 Å². The Morgan fingerprint density at radius 2 is 1.76 bits per heavy atom. The number of anilines is 1. The van der Waals surface area contributed by atoms with Crippen molar-refractivity contribution in [2.75, 3.05) is 11.9 Å². The van der Waals surface area contributed by atoms with Gasteiger partial charge in [-0.05, 0) is 43.2 Å². The maximum atomic E-state index is 12.7. The number of hydrogen-bond donors (Lipinski definition) is 2. The largest absolute Gasteiger partial charge is 0.485 e. The minimum absolute atomic E-state index is 0.0639. The number of aliphatic carboxylic acids is 1. The molecule has 2 heterocycles. The number of carboxylic acid groups (broad SMARTS) is 1. The molecule has 0 radical (unpaired) electrons. The number of benzene rings is 3. The molecule has 9 nitrogen and oxygen atoms in total. The molecule has 0 fully saturated rings. The number of carbonyl (C=O) groups excluding carboxylic acids is 1. The molecule has 1 aromatic heterocycles. The minimum atomic E-state index is -1.07. The standard InChI is InChI=1S/C28H23ClN2O7/c1-15(20-5-3-4-6-21(20)29)36-28(34)30-25-16(2)38-31-26(25)18-9-7-17(8-10-18)19-11-12-22-23(13-19)35-14-24(37-22)27(32)33/h3-13,15,24H,14H2,1-2H3,(H,30,34)(H,32,33). The lowest BCUT2D eigenvalue weighted by Crippen LogP contribution is -2.36. The molecule has 2 unspecified atom stereocenters. The van der Waals surface area contributed by atoms with E-state index in [1.807, 2.05) is 36.4 Å². The van der Waals surface area contributed by atoms with E-state index in [-0.39, 0.29) is 6.61 Å². The number of amides is 1. The van der Waals surface area contributed by atoms with Crippen LogP contribution in [0.25, 0.3) is 22.4 Å². The van der Waals surface area contributed by atoms with Gasteiger partial charge in [0, 0.05) is 16.1 Å². The number of fused-ring (bicyclic) bond motifs is 1. The van der Waals surface area contributed by atoms with Crippen LogP contribution in [0.5, 0.6) is 11.5 Å². The molecule has 2 N–H and O–H groups in total. The van der Waals surface area contributed by atoms with Gasteiger partial charge >= 0.3 is 12.1 Å². The van der Waals surface area contributed by atoms with E-state index in [0.717, 1.165) is 16.7 Å². The lowest BCUT2D eigenvalue weighted by Gasteiger charge is -2.24.